The minimum Gasteiger partial charge on any atom is -0.496 e. The molecule has 1 aliphatic rings. The molecule has 1 saturated heterocycles. The van der Waals surface area contributed by atoms with E-state index in [4.69, 9.17) is 20.9 Å². The minimum atomic E-state index is -0.00935. The molecule has 1 aromatic heterocycles. The Bertz CT molecular complexity index is 999. The van der Waals surface area contributed by atoms with Crippen LogP contribution in [0.1, 0.15) is 16.2 Å². The highest BCUT2D eigenvalue weighted by molar-refractivity contribution is 6.30. The van der Waals surface area contributed by atoms with Crippen LogP contribution in [0.3, 0.4) is 0 Å². The molecule has 1 aliphatic heterocycles. The molecule has 0 aliphatic carbocycles. The van der Waals surface area contributed by atoms with Crippen LogP contribution in [0.5, 0.6) is 5.75 Å². The van der Waals surface area contributed by atoms with Crippen molar-refractivity contribution in [2.75, 3.05) is 33.3 Å². The largest absolute Gasteiger partial charge is 0.496 e. The zero-order chi connectivity index (χ0) is 20.2. The highest BCUT2D eigenvalue weighted by atomic mass is 35.5. The van der Waals surface area contributed by atoms with Gasteiger partial charge < -0.3 is 14.2 Å². The third kappa shape index (κ3) is 4.41. The van der Waals surface area contributed by atoms with Crippen LogP contribution >= 0.6 is 11.6 Å². The fraction of sp³-hybridized carbons (Fsp3) is 0.286. The van der Waals surface area contributed by atoms with Gasteiger partial charge in [0.1, 0.15) is 5.75 Å². The molecule has 0 unspecified atom stereocenters. The SMILES string of the molecule is COc1ccccc1C(=O)N1CCN(Cc2noc(-c3cccc(Cl)c3)n2)CC1. The summed E-state index contributed by atoms with van der Waals surface area (Å²) >= 11 is 6.02. The maximum Gasteiger partial charge on any atom is 0.258 e. The van der Waals surface area contributed by atoms with Crippen LogP contribution in [-0.2, 0) is 6.54 Å². The van der Waals surface area contributed by atoms with Crippen molar-refractivity contribution in [3.63, 3.8) is 0 Å². The van der Waals surface area contributed by atoms with Crippen molar-refractivity contribution < 1.29 is 14.1 Å². The van der Waals surface area contributed by atoms with Crippen LogP contribution in [0.15, 0.2) is 53.1 Å². The number of carbonyl (C=O) groups is 1. The number of halogens is 1. The van der Waals surface area contributed by atoms with Gasteiger partial charge in [-0.2, -0.15) is 4.98 Å². The van der Waals surface area contributed by atoms with Crippen LogP contribution < -0.4 is 4.74 Å². The summed E-state index contributed by atoms with van der Waals surface area (Å²) in [5.41, 5.74) is 1.39. The maximum absolute atomic E-state index is 12.8. The first-order chi connectivity index (χ1) is 14.1. The van der Waals surface area contributed by atoms with Crippen molar-refractivity contribution in [3.8, 4) is 17.2 Å². The zero-order valence-corrected chi connectivity index (χ0v) is 16.8. The summed E-state index contributed by atoms with van der Waals surface area (Å²) in [4.78, 5) is 21.3. The number of amides is 1. The number of rotatable bonds is 5. The van der Waals surface area contributed by atoms with Gasteiger partial charge in [0.05, 0.1) is 19.2 Å². The molecular formula is C21H21ClN4O3. The highest BCUT2D eigenvalue weighted by Crippen LogP contribution is 2.22. The number of carbonyl (C=O) groups excluding carboxylic acids is 1. The van der Waals surface area contributed by atoms with E-state index in [1.165, 1.54) is 0 Å². The molecular weight excluding hydrogens is 392 g/mol. The lowest BCUT2D eigenvalue weighted by atomic mass is 10.1. The Balaban J connectivity index is 1.35. The molecule has 0 radical (unpaired) electrons. The predicted octanol–water partition coefficient (Wildman–Crippen LogP) is 3.36. The second-order valence-electron chi connectivity index (χ2n) is 6.79. The summed E-state index contributed by atoms with van der Waals surface area (Å²) in [7, 11) is 1.58. The van der Waals surface area contributed by atoms with Gasteiger partial charge in [0.15, 0.2) is 5.82 Å². The molecule has 0 saturated carbocycles. The second kappa shape index (κ2) is 8.63. The summed E-state index contributed by atoms with van der Waals surface area (Å²) in [5, 5.41) is 4.70. The number of nitrogens with zero attached hydrogens (tertiary/aromatic N) is 4. The van der Waals surface area contributed by atoms with Gasteiger partial charge in [-0.1, -0.05) is 35.0 Å². The quantitative estimate of drug-likeness (QED) is 0.640. The highest BCUT2D eigenvalue weighted by Gasteiger charge is 2.25. The molecule has 150 valence electrons. The number of benzene rings is 2. The molecule has 7 nitrogen and oxygen atoms in total. The van der Waals surface area contributed by atoms with E-state index >= 15 is 0 Å². The second-order valence-corrected chi connectivity index (χ2v) is 7.23. The first kappa shape index (κ1) is 19.4. The number of ether oxygens (including phenoxy) is 1. The standard InChI is InChI=1S/C21H21ClN4O3/c1-28-18-8-3-2-7-17(18)21(27)26-11-9-25(10-12-26)14-19-23-20(29-24-19)15-5-4-6-16(22)13-15/h2-8,13H,9-12,14H2,1H3. The van der Waals surface area contributed by atoms with Gasteiger partial charge in [0.2, 0.25) is 0 Å². The summed E-state index contributed by atoms with van der Waals surface area (Å²) < 4.78 is 10.7. The summed E-state index contributed by atoms with van der Waals surface area (Å²) in [6, 6.07) is 14.6. The molecule has 2 aromatic carbocycles. The average Bonchev–Trinajstić information content (AvgIpc) is 3.22. The Labute approximate surface area is 173 Å². The first-order valence-corrected chi connectivity index (χ1v) is 9.75. The van der Waals surface area contributed by atoms with Crippen molar-refractivity contribution in [1.29, 1.82) is 0 Å². The third-order valence-electron chi connectivity index (χ3n) is 4.90. The molecule has 1 fully saturated rings. The van der Waals surface area contributed by atoms with E-state index in [2.05, 4.69) is 15.0 Å². The normalized spacial score (nSPS) is 14.8. The first-order valence-electron chi connectivity index (χ1n) is 9.37. The van der Waals surface area contributed by atoms with Gasteiger partial charge in [-0.05, 0) is 30.3 Å². The number of aromatic nitrogens is 2. The monoisotopic (exact) mass is 412 g/mol. The van der Waals surface area contributed by atoms with E-state index in [1.54, 1.807) is 31.4 Å². The minimum absolute atomic E-state index is 0.00935. The van der Waals surface area contributed by atoms with Gasteiger partial charge >= 0.3 is 0 Å². The Kier molecular flexibility index (Phi) is 5.78. The molecule has 0 bridgehead atoms. The lowest BCUT2D eigenvalue weighted by molar-refractivity contribution is 0.0621. The van der Waals surface area contributed by atoms with E-state index in [9.17, 15) is 4.79 Å². The summed E-state index contributed by atoms with van der Waals surface area (Å²) in [5.74, 6) is 1.65. The number of hydrogen-bond acceptors (Lipinski definition) is 6. The van der Waals surface area contributed by atoms with Crippen molar-refractivity contribution in [2.45, 2.75) is 6.54 Å². The van der Waals surface area contributed by atoms with Gasteiger partial charge in [0, 0.05) is 36.8 Å². The number of para-hydroxylation sites is 1. The zero-order valence-electron chi connectivity index (χ0n) is 16.0. The lowest BCUT2D eigenvalue weighted by Gasteiger charge is -2.34. The van der Waals surface area contributed by atoms with Crippen LogP contribution in [0.25, 0.3) is 11.5 Å². The maximum atomic E-state index is 12.8. The van der Waals surface area contributed by atoms with E-state index in [-0.39, 0.29) is 5.91 Å². The molecule has 29 heavy (non-hydrogen) atoms. The van der Waals surface area contributed by atoms with Gasteiger partial charge in [-0.15, -0.1) is 0 Å². The lowest BCUT2D eigenvalue weighted by Crippen LogP contribution is -2.48. The molecule has 4 rings (SSSR count). The fourth-order valence-electron chi connectivity index (χ4n) is 3.36. The fourth-order valence-corrected chi connectivity index (χ4v) is 3.55. The number of methoxy groups -OCH3 is 1. The van der Waals surface area contributed by atoms with Crippen LogP contribution in [0, 0.1) is 0 Å². The third-order valence-corrected chi connectivity index (χ3v) is 5.14. The molecule has 2 heterocycles. The Morgan fingerprint density at radius 1 is 1.14 bits per heavy atom. The van der Waals surface area contributed by atoms with E-state index in [0.29, 0.717) is 47.7 Å². The van der Waals surface area contributed by atoms with Crippen molar-refractivity contribution in [2.24, 2.45) is 0 Å². The van der Waals surface area contributed by atoms with Crippen LogP contribution in [0.4, 0.5) is 0 Å². The van der Waals surface area contributed by atoms with E-state index in [0.717, 1.165) is 18.7 Å². The van der Waals surface area contributed by atoms with E-state index in [1.807, 2.05) is 29.2 Å². The van der Waals surface area contributed by atoms with Crippen LogP contribution in [0.2, 0.25) is 5.02 Å². The van der Waals surface area contributed by atoms with Gasteiger partial charge in [0.25, 0.3) is 11.8 Å². The molecule has 0 atom stereocenters. The summed E-state index contributed by atoms with van der Waals surface area (Å²) in [6.07, 6.45) is 0. The Hall–Kier alpha value is -2.90. The van der Waals surface area contributed by atoms with E-state index < -0.39 is 0 Å². The van der Waals surface area contributed by atoms with Crippen LogP contribution in [-0.4, -0.2) is 59.1 Å². The van der Waals surface area contributed by atoms with Crippen molar-refractivity contribution in [1.82, 2.24) is 19.9 Å². The average molecular weight is 413 g/mol. The molecule has 1 amide bonds. The van der Waals surface area contributed by atoms with Crippen molar-refractivity contribution >= 4 is 17.5 Å². The summed E-state index contributed by atoms with van der Waals surface area (Å²) in [6.45, 7) is 3.32. The smallest absolute Gasteiger partial charge is 0.258 e. The number of piperazine rings is 1. The van der Waals surface area contributed by atoms with Gasteiger partial charge in [-0.3, -0.25) is 9.69 Å². The Morgan fingerprint density at radius 2 is 1.93 bits per heavy atom. The number of hydrogen-bond donors (Lipinski definition) is 0. The van der Waals surface area contributed by atoms with Crippen molar-refractivity contribution in [3.05, 3.63) is 64.9 Å². The predicted molar refractivity (Wildman–Crippen MR) is 109 cm³/mol. The topological polar surface area (TPSA) is 71.7 Å². The molecule has 3 aromatic rings. The van der Waals surface area contributed by atoms with Gasteiger partial charge in [-0.25, -0.2) is 0 Å². The molecule has 0 N–H and O–H groups in total. The Morgan fingerprint density at radius 3 is 2.69 bits per heavy atom. The molecule has 0 spiro atoms. The molecule has 8 heteroatoms.